The van der Waals surface area contributed by atoms with Crippen molar-refractivity contribution >= 4 is 23.2 Å². The number of fused-ring (bicyclic) bond motifs is 1. The number of carbonyl (C=O) groups excluding carboxylic acids is 2. The molecule has 1 aromatic heterocycles. The zero-order chi connectivity index (χ0) is 15.0. The first kappa shape index (κ1) is 14.6. The van der Waals surface area contributed by atoms with Crippen LogP contribution in [0.3, 0.4) is 0 Å². The Morgan fingerprint density at radius 3 is 3.00 bits per heavy atom. The van der Waals surface area contributed by atoms with E-state index in [1.807, 2.05) is 18.7 Å². The minimum Gasteiger partial charge on any atom is -0.342 e. The SMILES string of the molecule is CCC1(C)NC(=O)CCN(C2CCCc3sccc32)C1=O. The van der Waals surface area contributed by atoms with Crippen molar-refractivity contribution in [2.45, 2.75) is 57.5 Å². The molecule has 1 aromatic rings. The molecule has 4 nitrogen and oxygen atoms in total. The quantitative estimate of drug-likeness (QED) is 0.913. The van der Waals surface area contributed by atoms with Crippen LogP contribution in [-0.4, -0.2) is 28.8 Å². The lowest BCUT2D eigenvalue weighted by atomic mass is 9.90. The molecule has 1 fully saturated rings. The summed E-state index contributed by atoms with van der Waals surface area (Å²) in [5.41, 5.74) is 0.536. The van der Waals surface area contributed by atoms with Gasteiger partial charge in [-0.05, 0) is 49.6 Å². The van der Waals surface area contributed by atoms with Crippen molar-refractivity contribution in [1.29, 1.82) is 0 Å². The molecule has 114 valence electrons. The topological polar surface area (TPSA) is 49.4 Å². The summed E-state index contributed by atoms with van der Waals surface area (Å²) >= 11 is 1.79. The molecule has 0 bridgehead atoms. The van der Waals surface area contributed by atoms with Crippen LogP contribution in [-0.2, 0) is 16.0 Å². The Balaban J connectivity index is 1.95. The second kappa shape index (κ2) is 5.44. The number of rotatable bonds is 2. The van der Waals surface area contributed by atoms with Crippen LogP contribution in [0.2, 0.25) is 0 Å². The van der Waals surface area contributed by atoms with Gasteiger partial charge in [-0.15, -0.1) is 11.3 Å². The molecule has 0 saturated carbocycles. The fourth-order valence-electron chi connectivity index (χ4n) is 3.39. The minimum atomic E-state index is -0.763. The fraction of sp³-hybridized carbons (Fsp3) is 0.625. The van der Waals surface area contributed by atoms with E-state index in [1.165, 1.54) is 10.4 Å². The molecule has 0 radical (unpaired) electrons. The lowest BCUT2D eigenvalue weighted by molar-refractivity contribution is -0.140. The van der Waals surface area contributed by atoms with Crippen LogP contribution in [0.5, 0.6) is 0 Å². The van der Waals surface area contributed by atoms with E-state index >= 15 is 0 Å². The van der Waals surface area contributed by atoms with Gasteiger partial charge in [0.25, 0.3) is 0 Å². The molecule has 0 aromatic carbocycles. The zero-order valence-electron chi connectivity index (χ0n) is 12.6. The maximum absolute atomic E-state index is 13.0. The molecular weight excluding hydrogens is 284 g/mol. The first-order valence-electron chi connectivity index (χ1n) is 7.73. The number of amides is 2. The summed E-state index contributed by atoms with van der Waals surface area (Å²) in [6.07, 6.45) is 4.26. The van der Waals surface area contributed by atoms with Gasteiger partial charge in [0.2, 0.25) is 11.8 Å². The van der Waals surface area contributed by atoms with Crippen molar-refractivity contribution < 1.29 is 9.59 Å². The minimum absolute atomic E-state index is 0.0171. The summed E-state index contributed by atoms with van der Waals surface area (Å²) in [5.74, 6) is 0.0523. The molecule has 0 spiro atoms. The largest absolute Gasteiger partial charge is 0.342 e. The van der Waals surface area contributed by atoms with Crippen LogP contribution in [0.4, 0.5) is 0 Å². The number of nitrogens with one attached hydrogen (secondary N) is 1. The Kier molecular flexibility index (Phi) is 3.78. The van der Waals surface area contributed by atoms with E-state index in [4.69, 9.17) is 0 Å². The van der Waals surface area contributed by atoms with Gasteiger partial charge in [-0.1, -0.05) is 6.92 Å². The average Bonchev–Trinajstić information content (AvgIpc) is 2.92. The van der Waals surface area contributed by atoms with Crippen molar-refractivity contribution in [3.8, 4) is 0 Å². The highest BCUT2D eigenvalue weighted by Gasteiger charge is 2.42. The third kappa shape index (κ3) is 2.48. The predicted molar refractivity (Wildman–Crippen MR) is 83.2 cm³/mol. The smallest absolute Gasteiger partial charge is 0.248 e. The van der Waals surface area contributed by atoms with Crippen LogP contribution in [0.1, 0.15) is 56.0 Å². The predicted octanol–water partition coefficient (Wildman–Crippen LogP) is 2.64. The van der Waals surface area contributed by atoms with Crippen molar-refractivity contribution in [1.82, 2.24) is 10.2 Å². The molecule has 2 aliphatic rings. The number of thiophene rings is 1. The van der Waals surface area contributed by atoms with Gasteiger partial charge in [0.1, 0.15) is 5.54 Å². The summed E-state index contributed by atoms with van der Waals surface area (Å²) in [5, 5.41) is 5.03. The van der Waals surface area contributed by atoms with Crippen LogP contribution >= 0.6 is 11.3 Å². The van der Waals surface area contributed by atoms with E-state index in [1.54, 1.807) is 11.3 Å². The summed E-state index contributed by atoms with van der Waals surface area (Å²) < 4.78 is 0. The van der Waals surface area contributed by atoms with Gasteiger partial charge in [0, 0.05) is 17.8 Å². The van der Waals surface area contributed by atoms with Crippen LogP contribution in [0.25, 0.3) is 0 Å². The molecule has 1 aliphatic carbocycles. The second-order valence-corrected chi connectivity index (χ2v) is 7.19. The monoisotopic (exact) mass is 306 g/mol. The lowest BCUT2D eigenvalue weighted by Gasteiger charge is -2.38. The van der Waals surface area contributed by atoms with Gasteiger partial charge < -0.3 is 10.2 Å². The Morgan fingerprint density at radius 2 is 2.24 bits per heavy atom. The maximum atomic E-state index is 13.0. The number of hydrogen-bond acceptors (Lipinski definition) is 3. The molecule has 5 heteroatoms. The van der Waals surface area contributed by atoms with E-state index in [9.17, 15) is 9.59 Å². The van der Waals surface area contributed by atoms with Gasteiger partial charge >= 0.3 is 0 Å². The van der Waals surface area contributed by atoms with E-state index in [0.717, 1.165) is 19.3 Å². The fourth-order valence-corrected chi connectivity index (χ4v) is 4.37. The summed E-state index contributed by atoms with van der Waals surface area (Å²) in [7, 11) is 0. The molecule has 2 heterocycles. The lowest BCUT2D eigenvalue weighted by Crippen LogP contribution is -2.55. The molecule has 2 atom stereocenters. The second-order valence-electron chi connectivity index (χ2n) is 6.19. The standard InChI is InChI=1S/C16H22N2O2S/c1-3-16(2)15(20)18(9-7-14(19)17-16)12-5-4-6-13-11(12)8-10-21-13/h8,10,12H,3-7,9H2,1-2H3,(H,17,19). The Bertz CT molecular complexity index is 568. The number of nitrogens with zero attached hydrogens (tertiary/aromatic N) is 1. The highest BCUT2D eigenvalue weighted by Crippen LogP contribution is 2.38. The molecule has 3 rings (SSSR count). The average molecular weight is 306 g/mol. The van der Waals surface area contributed by atoms with E-state index < -0.39 is 5.54 Å². The van der Waals surface area contributed by atoms with Crippen LogP contribution in [0.15, 0.2) is 11.4 Å². The summed E-state index contributed by atoms with van der Waals surface area (Å²) in [4.78, 5) is 28.3. The molecule has 2 unspecified atom stereocenters. The normalized spacial score (nSPS) is 29.8. The maximum Gasteiger partial charge on any atom is 0.248 e. The van der Waals surface area contributed by atoms with E-state index in [2.05, 4.69) is 16.8 Å². The molecule has 1 N–H and O–H groups in total. The van der Waals surface area contributed by atoms with Gasteiger partial charge in [-0.25, -0.2) is 0 Å². The van der Waals surface area contributed by atoms with Gasteiger partial charge in [0.05, 0.1) is 6.04 Å². The molecule has 21 heavy (non-hydrogen) atoms. The molecule has 2 amide bonds. The van der Waals surface area contributed by atoms with Gasteiger partial charge in [-0.2, -0.15) is 0 Å². The number of hydrogen-bond donors (Lipinski definition) is 1. The van der Waals surface area contributed by atoms with Gasteiger partial charge in [0.15, 0.2) is 0 Å². The number of aryl methyl sites for hydroxylation is 1. The van der Waals surface area contributed by atoms with E-state index in [0.29, 0.717) is 19.4 Å². The van der Waals surface area contributed by atoms with Gasteiger partial charge in [-0.3, -0.25) is 9.59 Å². The summed E-state index contributed by atoms with van der Waals surface area (Å²) in [6.45, 7) is 4.34. The van der Waals surface area contributed by atoms with Crippen molar-refractivity contribution in [2.24, 2.45) is 0 Å². The third-order valence-corrected chi connectivity index (χ3v) is 5.83. The highest BCUT2D eigenvalue weighted by atomic mass is 32.1. The Hall–Kier alpha value is -1.36. The Morgan fingerprint density at radius 1 is 1.43 bits per heavy atom. The van der Waals surface area contributed by atoms with Crippen LogP contribution in [0, 0.1) is 0 Å². The summed E-state index contributed by atoms with van der Waals surface area (Å²) in [6, 6.07) is 2.30. The van der Waals surface area contributed by atoms with E-state index in [-0.39, 0.29) is 17.9 Å². The van der Waals surface area contributed by atoms with Crippen LogP contribution < -0.4 is 5.32 Å². The Labute approximate surface area is 129 Å². The first-order valence-corrected chi connectivity index (χ1v) is 8.61. The van der Waals surface area contributed by atoms with Crippen molar-refractivity contribution in [3.63, 3.8) is 0 Å². The van der Waals surface area contributed by atoms with Crippen molar-refractivity contribution in [3.05, 3.63) is 21.9 Å². The zero-order valence-corrected chi connectivity index (χ0v) is 13.5. The van der Waals surface area contributed by atoms with Crippen molar-refractivity contribution in [2.75, 3.05) is 6.54 Å². The molecular formula is C16H22N2O2S. The third-order valence-electron chi connectivity index (χ3n) is 4.83. The molecule has 1 aliphatic heterocycles. The highest BCUT2D eigenvalue weighted by molar-refractivity contribution is 7.10. The first-order chi connectivity index (χ1) is 10.0. The molecule has 1 saturated heterocycles. The number of carbonyl (C=O) groups is 2.